The van der Waals surface area contributed by atoms with Crippen LogP contribution in [0.5, 0.6) is 0 Å². The molecule has 0 spiro atoms. The monoisotopic (exact) mass is 251 g/mol. The van der Waals surface area contributed by atoms with Crippen molar-refractivity contribution in [3.8, 4) is 6.07 Å². The second-order valence-corrected chi connectivity index (χ2v) is 6.69. The molecule has 0 saturated heterocycles. The van der Waals surface area contributed by atoms with Crippen molar-refractivity contribution in [1.29, 1.82) is 5.26 Å². The highest BCUT2D eigenvalue weighted by Gasteiger charge is 2.35. The van der Waals surface area contributed by atoms with Crippen LogP contribution in [0.15, 0.2) is 0 Å². The molecule has 2 heteroatoms. The normalized spacial score (nSPS) is 28.6. The molecule has 0 radical (unpaired) electrons. The Balaban J connectivity index is 2.35. The van der Waals surface area contributed by atoms with Crippen LogP contribution in [0.3, 0.4) is 0 Å². The van der Waals surface area contributed by atoms with Crippen molar-refractivity contribution in [2.45, 2.75) is 59.8 Å². The second kappa shape index (κ2) is 7.14. The molecular formula is C16H29NO. The molecule has 104 valence electrons. The summed E-state index contributed by atoms with van der Waals surface area (Å²) >= 11 is 0. The van der Waals surface area contributed by atoms with E-state index in [1.807, 2.05) is 0 Å². The third-order valence-electron chi connectivity index (χ3n) is 4.34. The predicted molar refractivity (Wildman–Crippen MR) is 75.1 cm³/mol. The van der Waals surface area contributed by atoms with Crippen molar-refractivity contribution >= 4 is 0 Å². The molecule has 0 bridgehead atoms. The van der Waals surface area contributed by atoms with Gasteiger partial charge in [0.05, 0.1) is 11.5 Å². The van der Waals surface area contributed by atoms with E-state index in [1.165, 1.54) is 12.8 Å². The van der Waals surface area contributed by atoms with Gasteiger partial charge < -0.3 is 4.74 Å². The van der Waals surface area contributed by atoms with Gasteiger partial charge in [-0.15, -0.1) is 0 Å². The number of hydrogen-bond acceptors (Lipinski definition) is 2. The first-order chi connectivity index (χ1) is 8.49. The van der Waals surface area contributed by atoms with Crippen LogP contribution in [-0.4, -0.2) is 13.2 Å². The minimum atomic E-state index is -0.0949. The second-order valence-electron chi connectivity index (χ2n) is 6.69. The van der Waals surface area contributed by atoms with Gasteiger partial charge in [0.25, 0.3) is 0 Å². The maximum absolute atomic E-state index is 9.47. The molecule has 1 aliphatic carbocycles. The lowest BCUT2D eigenvalue weighted by Gasteiger charge is -2.36. The molecule has 0 aromatic carbocycles. The molecule has 1 saturated carbocycles. The van der Waals surface area contributed by atoms with Crippen molar-refractivity contribution in [1.82, 2.24) is 0 Å². The maximum atomic E-state index is 9.47. The van der Waals surface area contributed by atoms with Crippen molar-refractivity contribution < 1.29 is 4.74 Å². The lowest BCUT2D eigenvalue weighted by atomic mass is 9.67. The minimum absolute atomic E-state index is 0.0949. The van der Waals surface area contributed by atoms with Gasteiger partial charge in [-0.1, -0.05) is 27.7 Å². The zero-order valence-corrected chi connectivity index (χ0v) is 12.5. The van der Waals surface area contributed by atoms with Gasteiger partial charge in [-0.3, -0.25) is 0 Å². The first kappa shape index (κ1) is 15.5. The Bertz CT molecular complexity index is 269. The van der Waals surface area contributed by atoms with E-state index in [4.69, 9.17) is 4.74 Å². The van der Waals surface area contributed by atoms with E-state index in [-0.39, 0.29) is 5.41 Å². The Kier molecular flexibility index (Phi) is 6.15. The van der Waals surface area contributed by atoms with Crippen molar-refractivity contribution in [2.75, 3.05) is 13.2 Å². The van der Waals surface area contributed by atoms with Gasteiger partial charge in [0.15, 0.2) is 0 Å². The summed E-state index contributed by atoms with van der Waals surface area (Å²) < 4.78 is 5.65. The van der Waals surface area contributed by atoms with Crippen LogP contribution >= 0.6 is 0 Å². The lowest BCUT2D eigenvalue weighted by Crippen LogP contribution is -2.29. The van der Waals surface area contributed by atoms with E-state index in [2.05, 4.69) is 33.8 Å². The summed E-state index contributed by atoms with van der Waals surface area (Å²) in [5.41, 5.74) is -0.0949. The number of hydrogen-bond donors (Lipinski definition) is 0. The third-order valence-corrected chi connectivity index (χ3v) is 4.34. The number of nitrogens with zero attached hydrogens (tertiary/aromatic N) is 1. The molecule has 0 aromatic rings. The van der Waals surface area contributed by atoms with Gasteiger partial charge in [-0.2, -0.15) is 5.26 Å². The van der Waals surface area contributed by atoms with Gasteiger partial charge in [0.1, 0.15) is 0 Å². The van der Waals surface area contributed by atoms with Gasteiger partial charge in [0.2, 0.25) is 0 Å². The quantitative estimate of drug-likeness (QED) is 0.655. The number of nitriles is 1. The van der Waals surface area contributed by atoms with E-state index in [9.17, 15) is 5.26 Å². The van der Waals surface area contributed by atoms with Crippen LogP contribution < -0.4 is 0 Å². The molecule has 1 fully saturated rings. The van der Waals surface area contributed by atoms with Crippen LogP contribution in [-0.2, 0) is 4.74 Å². The van der Waals surface area contributed by atoms with E-state index in [1.54, 1.807) is 0 Å². The summed E-state index contributed by atoms with van der Waals surface area (Å²) in [6, 6.07) is 2.59. The van der Waals surface area contributed by atoms with Crippen molar-refractivity contribution in [3.05, 3.63) is 0 Å². The van der Waals surface area contributed by atoms with Crippen molar-refractivity contribution in [2.24, 2.45) is 23.2 Å². The van der Waals surface area contributed by atoms with Gasteiger partial charge in [0, 0.05) is 13.2 Å². The summed E-state index contributed by atoms with van der Waals surface area (Å²) in [4.78, 5) is 0. The summed E-state index contributed by atoms with van der Waals surface area (Å²) in [7, 11) is 0. The van der Waals surface area contributed by atoms with E-state index in [0.29, 0.717) is 5.92 Å². The summed E-state index contributed by atoms with van der Waals surface area (Å²) in [6.45, 7) is 10.5. The first-order valence-corrected chi connectivity index (χ1v) is 7.48. The topological polar surface area (TPSA) is 33.0 Å². The Morgan fingerprint density at radius 2 is 1.83 bits per heavy atom. The molecule has 1 aliphatic rings. The lowest BCUT2D eigenvalue weighted by molar-refractivity contribution is 0.0702. The molecule has 0 aromatic heterocycles. The highest BCUT2D eigenvalue weighted by Crippen LogP contribution is 2.43. The zero-order chi connectivity index (χ0) is 13.6. The van der Waals surface area contributed by atoms with E-state index < -0.39 is 0 Å². The number of rotatable bonds is 6. The van der Waals surface area contributed by atoms with E-state index in [0.717, 1.165) is 44.3 Å². The Hall–Kier alpha value is -0.550. The molecule has 0 atom stereocenters. The largest absolute Gasteiger partial charge is 0.381 e. The van der Waals surface area contributed by atoms with Crippen LogP contribution in [0.25, 0.3) is 0 Å². The number of ether oxygens (including phenoxy) is 1. The van der Waals surface area contributed by atoms with E-state index >= 15 is 0 Å². The van der Waals surface area contributed by atoms with Crippen molar-refractivity contribution in [3.63, 3.8) is 0 Å². The molecule has 0 unspecified atom stereocenters. The predicted octanol–water partition coefficient (Wildman–Crippen LogP) is 4.41. The molecule has 0 N–H and O–H groups in total. The maximum Gasteiger partial charge on any atom is 0.0690 e. The smallest absolute Gasteiger partial charge is 0.0690 e. The molecular weight excluding hydrogens is 222 g/mol. The van der Waals surface area contributed by atoms with Gasteiger partial charge in [-0.05, 0) is 49.9 Å². The molecule has 1 rings (SSSR count). The van der Waals surface area contributed by atoms with Gasteiger partial charge >= 0.3 is 0 Å². The fourth-order valence-corrected chi connectivity index (χ4v) is 2.86. The van der Waals surface area contributed by atoms with Crippen LogP contribution in [0.1, 0.15) is 59.8 Å². The highest BCUT2D eigenvalue weighted by molar-refractivity contribution is 5.01. The van der Waals surface area contributed by atoms with Gasteiger partial charge in [-0.25, -0.2) is 0 Å². The summed E-state index contributed by atoms with van der Waals surface area (Å²) in [5.74, 6) is 2.17. The fourth-order valence-electron chi connectivity index (χ4n) is 2.86. The molecule has 0 aliphatic heterocycles. The van der Waals surface area contributed by atoms with Crippen LogP contribution in [0.4, 0.5) is 0 Å². The summed E-state index contributed by atoms with van der Waals surface area (Å²) in [5, 5.41) is 9.47. The van der Waals surface area contributed by atoms with Crippen LogP contribution in [0.2, 0.25) is 0 Å². The molecule has 0 heterocycles. The molecule has 0 amide bonds. The third kappa shape index (κ3) is 4.61. The highest BCUT2D eigenvalue weighted by atomic mass is 16.5. The average Bonchev–Trinajstić information content (AvgIpc) is 2.35. The first-order valence-electron chi connectivity index (χ1n) is 7.48. The Morgan fingerprint density at radius 3 is 2.28 bits per heavy atom. The SMILES string of the molecule is CC(C)COCCC1(C#N)CCC(C(C)C)CC1. The average molecular weight is 251 g/mol. The molecule has 2 nitrogen and oxygen atoms in total. The Labute approximate surface area is 113 Å². The minimum Gasteiger partial charge on any atom is -0.381 e. The Morgan fingerprint density at radius 1 is 1.22 bits per heavy atom. The van der Waals surface area contributed by atoms with Crippen LogP contribution in [0, 0.1) is 34.5 Å². The fraction of sp³-hybridized carbons (Fsp3) is 0.938. The zero-order valence-electron chi connectivity index (χ0n) is 12.5. The summed E-state index contributed by atoms with van der Waals surface area (Å²) in [6.07, 6.45) is 5.49. The molecule has 18 heavy (non-hydrogen) atoms. The standard InChI is InChI=1S/C16H29NO/c1-13(2)11-18-10-9-16(12-17)7-5-15(6-8-16)14(3)4/h13-15H,5-11H2,1-4H3.